The zero-order valence-electron chi connectivity index (χ0n) is 13.9. The lowest BCUT2D eigenvalue weighted by molar-refractivity contribution is 0.0734. The van der Waals surface area contributed by atoms with Crippen LogP contribution in [0.2, 0.25) is 0 Å². The van der Waals surface area contributed by atoms with Crippen LogP contribution in [0.15, 0.2) is 71.5 Å². The second kappa shape index (κ2) is 6.64. The highest BCUT2D eigenvalue weighted by atomic mass is 16.5. The molecule has 0 spiro atoms. The van der Waals surface area contributed by atoms with Crippen molar-refractivity contribution < 1.29 is 14.1 Å². The fourth-order valence-electron chi connectivity index (χ4n) is 2.51. The molecule has 0 aliphatic carbocycles. The first-order chi connectivity index (χ1) is 12.7. The summed E-state index contributed by atoms with van der Waals surface area (Å²) in [5.41, 5.74) is 1.86. The van der Waals surface area contributed by atoms with Crippen LogP contribution in [0.1, 0.15) is 16.2 Å². The molecule has 4 rings (SSSR count). The minimum Gasteiger partial charge on any atom is -0.423 e. The van der Waals surface area contributed by atoms with Gasteiger partial charge in [0.15, 0.2) is 0 Å². The highest BCUT2D eigenvalue weighted by molar-refractivity contribution is 5.94. The molecule has 0 aliphatic rings. The molecule has 2 heterocycles. The van der Waals surface area contributed by atoms with Crippen LogP contribution in [0, 0.1) is 6.92 Å². The van der Waals surface area contributed by atoms with E-state index in [0.717, 1.165) is 5.56 Å². The van der Waals surface area contributed by atoms with E-state index in [9.17, 15) is 4.79 Å². The Bertz CT molecular complexity index is 1040. The second-order valence-electron chi connectivity index (χ2n) is 5.52. The molecule has 26 heavy (non-hydrogen) atoms. The Labute approximate surface area is 148 Å². The van der Waals surface area contributed by atoms with Crippen LogP contribution < -0.4 is 4.74 Å². The summed E-state index contributed by atoms with van der Waals surface area (Å²) in [5, 5.41) is 8.03. The fourth-order valence-corrected chi connectivity index (χ4v) is 2.51. The average Bonchev–Trinajstić information content (AvgIpc) is 3.34. The maximum atomic E-state index is 12.6. The van der Waals surface area contributed by atoms with Crippen molar-refractivity contribution in [3.05, 3.63) is 78.4 Å². The van der Waals surface area contributed by atoms with E-state index in [1.54, 1.807) is 66.5 Å². The predicted octanol–water partition coefficient (Wildman–Crippen LogP) is 3.45. The summed E-state index contributed by atoms with van der Waals surface area (Å²) in [6, 6.07) is 15.9. The Morgan fingerprint density at radius 1 is 1.08 bits per heavy atom. The normalized spacial score (nSPS) is 10.7. The number of esters is 1. The summed E-state index contributed by atoms with van der Waals surface area (Å²) < 4.78 is 12.1. The lowest BCUT2D eigenvalue weighted by atomic mass is 10.1. The Kier molecular flexibility index (Phi) is 4.03. The van der Waals surface area contributed by atoms with Gasteiger partial charge in [0.2, 0.25) is 11.7 Å². The lowest BCUT2D eigenvalue weighted by Crippen LogP contribution is -2.12. The first-order valence-corrected chi connectivity index (χ1v) is 7.93. The van der Waals surface area contributed by atoms with E-state index >= 15 is 0 Å². The Morgan fingerprint density at radius 2 is 1.88 bits per heavy atom. The SMILES string of the molecule is Cc1nc(-c2ccc(OC(=O)c3ccccc3-n3cccn3)cc2)no1. The largest absolute Gasteiger partial charge is 0.423 e. The topological polar surface area (TPSA) is 83.0 Å². The number of carbonyl (C=O) groups excluding carboxylic acids is 1. The van der Waals surface area contributed by atoms with Crippen molar-refractivity contribution in [2.24, 2.45) is 0 Å². The zero-order valence-corrected chi connectivity index (χ0v) is 13.9. The smallest absolute Gasteiger partial charge is 0.345 e. The molecule has 0 bridgehead atoms. The zero-order chi connectivity index (χ0) is 17.9. The number of hydrogen-bond acceptors (Lipinski definition) is 6. The Balaban J connectivity index is 1.56. The Hall–Kier alpha value is -3.74. The van der Waals surface area contributed by atoms with Gasteiger partial charge in [-0.05, 0) is 42.5 Å². The van der Waals surface area contributed by atoms with Gasteiger partial charge in [0.05, 0.1) is 11.3 Å². The van der Waals surface area contributed by atoms with Crippen molar-refractivity contribution >= 4 is 5.97 Å². The van der Waals surface area contributed by atoms with Gasteiger partial charge >= 0.3 is 5.97 Å². The molecule has 0 saturated heterocycles. The number of benzene rings is 2. The number of carbonyl (C=O) groups is 1. The van der Waals surface area contributed by atoms with Crippen molar-refractivity contribution in [1.82, 2.24) is 19.9 Å². The van der Waals surface area contributed by atoms with E-state index in [1.165, 1.54) is 0 Å². The lowest BCUT2D eigenvalue weighted by Gasteiger charge is -2.09. The molecular weight excluding hydrogens is 332 g/mol. The molecular formula is C19H14N4O3. The highest BCUT2D eigenvalue weighted by Gasteiger charge is 2.15. The van der Waals surface area contributed by atoms with Crippen LogP contribution in [0.5, 0.6) is 5.75 Å². The fraction of sp³-hybridized carbons (Fsp3) is 0.0526. The number of ether oxygens (including phenoxy) is 1. The van der Waals surface area contributed by atoms with Crippen molar-refractivity contribution in [1.29, 1.82) is 0 Å². The van der Waals surface area contributed by atoms with Gasteiger partial charge in [0, 0.05) is 24.9 Å². The van der Waals surface area contributed by atoms with Gasteiger partial charge in [-0.15, -0.1) is 0 Å². The maximum absolute atomic E-state index is 12.6. The molecule has 0 saturated carbocycles. The van der Waals surface area contributed by atoms with Crippen LogP contribution in [0.3, 0.4) is 0 Å². The molecule has 0 N–H and O–H groups in total. The molecule has 4 aromatic rings. The third-order valence-corrected chi connectivity index (χ3v) is 3.73. The van der Waals surface area contributed by atoms with Crippen molar-refractivity contribution in [3.8, 4) is 22.8 Å². The standard InChI is InChI=1S/C19H14N4O3/c1-13-21-18(22-26-13)14-7-9-15(10-8-14)25-19(24)16-5-2-3-6-17(16)23-12-4-11-20-23/h2-12H,1H3. The van der Waals surface area contributed by atoms with E-state index in [2.05, 4.69) is 15.2 Å². The highest BCUT2D eigenvalue weighted by Crippen LogP contribution is 2.22. The van der Waals surface area contributed by atoms with Crippen molar-refractivity contribution in [2.75, 3.05) is 0 Å². The molecule has 0 unspecified atom stereocenters. The third-order valence-electron chi connectivity index (χ3n) is 3.73. The number of para-hydroxylation sites is 1. The van der Waals surface area contributed by atoms with Gasteiger partial charge < -0.3 is 9.26 Å². The quantitative estimate of drug-likeness (QED) is 0.416. The van der Waals surface area contributed by atoms with Crippen LogP contribution in [-0.2, 0) is 0 Å². The summed E-state index contributed by atoms with van der Waals surface area (Å²) in [5.74, 6) is 0.948. The average molecular weight is 346 g/mol. The second-order valence-corrected chi connectivity index (χ2v) is 5.52. The summed E-state index contributed by atoms with van der Waals surface area (Å²) in [6.07, 6.45) is 3.42. The predicted molar refractivity (Wildman–Crippen MR) is 93.0 cm³/mol. The number of rotatable bonds is 4. The minimum absolute atomic E-state index is 0.425. The minimum atomic E-state index is -0.459. The molecule has 2 aromatic heterocycles. The maximum Gasteiger partial charge on any atom is 0.345 e. The van der Waals surface area contributed by atoms with Crippen LogP contribution >= 0.6 is 0 Å². The first kappa shape index (κ1) is 15.8. The Morgan fingerprint density at radius 3 is 2.58 bits per heavy atom. The van der Waals surface area contributed by atoms with Gasteiger partial charge in [-0.1, -0.05) is 17.3 Å². The van der Waals surface area contributed by atoms with E-state index in [1.807, 2.05) is 12.1 Å². The van der Waals surface area contributed by atoms with Crippen LogP contribution in [0.4, 0.5) is 0 Å². The van der Waals surface area contributed by atoms with Crippen molar-refractivity contribution in [2.45, 2.75) is 6.92 Å². The first-order valence-electron chi connectivity index (χ1n) is 7.93. The van der Waals surface area contributed by atoms with E-state index in [-0.39, 0.29) is 0 Å². The summed E-state index contributed by atoms with van der Waals surface area (Å²) >= 11 is 0. The van der Waals surface area contributed by atoms with Crippen LogP contribution in [-0.4, -0.2) is 25.9 Å². The molecule has 0 radical (unpaired) electrons. The number of aromatic nitrogens is 4. The van der Waals surface area contributed by atoms with Crippen LogP contribution in [0.25, 0.3) is 17.1 Å². The molecule has 2 aromatic carbocycles. The number of aryl methyl sites for hydroxylation is 1. The van der Waals surface area contributed by atoms with E-state index in [0.29, 0.717) is 28.7 Å². The van der Waals surface area contributed by atoms with Gasteiger partial charge in [0.1, 0.15) is 5.75 Å². The van der Waals surface area contributed by atoms with Gasteiger partial charge in [-0.3, -0.25) is 0 Å². The summed E-state index contributed by atoms with van der Waals surface area (Å²) in [4.78, 5) is 16.7. The third kappa shape index (κ3) is 3.10. The van der Waals surface area contributed by atoms with Gasteiger partial charge in [-0.2, -0.15) is 10.1 Å². The molecule has 7 heteroatoms. The van der Waals surface area contributed by atoms with Gasteiger partial charge in [0.25, 0.3) is 0 Å². The van der Waals surface area contributed by atoms with Crippen molar-refractivity contribution in [3.63, 3.8) is 0 Å². The van der Waals surface area contributed by atoms with E-state index in [4.69, 9.17) is 9.26 Å². The molecule has 0 aliphatic heterocycles. The monoisotopic (exact) mass is 346 g/mol. The summed E-state index contributed by atoms with van der Waals surface area (Å²) in [7, 11) is 0. The van der Waals surface area contributed by atoms with Gasteiger partial charge in [-0.25, -0.2) is 9.48 Å². The number of nitrogens with zero attached hydrogens (tertiary/aromatic N) is 4. The molecule has 128 valence electrons. The van der Waals surface area contributed by atoms with E-state index < -0.39 is 5.97 Å². The number of hydrogen-bond donors (Lipinski definition) is 0. The molecule has 7 nitrogen and oxygen atoms in total. The molecule has 0 amide bonds. The molecule has 0 fully saturated rings. The molecule has 0 atom stereocenters. The summed E-state index contributed by atoms with van der Waals surface area (Å²) in [6.45, 7) is 1.73.